The normalized spacial score (nSPS) is 10.5. The Morgan fingerprint density at radius 1 is 1.23 bits per heavy atom. The lowest BCUT2D eigenvalue weighted by Crippen LogP contribution is -2.26. The SMILES string of the molecule is CSCCC(=O)N(C)c1nnc(-c2cnc(N(C)C)nc2)s1. The van der Waals surface area contributed by atoms with Crippen molar-refractivity contribution in [3.8, 4) is 10.6 Å². The average Bonchev–Trinajstić information content (AvgIpc) is 3.01. The van der Waals surface area contributed by atoms with Crippen molar-refractivity contribution in [2.75, 3.05) is 43.0 Å². The molecule has 0 aromatic carbocycles. The second-order valence-electron chi connectivity index (χ2n) is 4.75. The molecule has 7 nitrogen and oxygen atoms in total. The largest absolute Gasteiger partial charge is 0.347 e. The molecule has 0 aliphatic rings. The number of hydrogen-bond donors (Lipinski definition) is 0. The summed E-state index contributed by atoms with van der Waals surface area (Å²) in [6.07, 6.45) is 5.89. The smallest absolute Gasteiger partial charge is 0.229 e. The Bertz CT molecular complexity index is 628. The zero-order valence-electron chi connectivity index (χ0n) is 13.0. The van der Waals surface area contributed by atoms with Gasteiger partial charge in [-0.3, -0.25) is 9.69 Å². The lowest BCUT2D eigenvalue weighted by atomic mass is 10.4. The number of hydrogen-bond acceptors (Lipinski definition) is 8. The van der Waals surface area contributed by atoms with Crippen molar-refractivity contribution in [1.29, 1.82) is 0 Å². The van der Waals surface area contributed by atoms with Gasteiger partial charge in [-0.05, 0) is 6.26 Å². The van der Waals surface area contributed by atoms with E-state index >= 15 is 0 Å². The van der Waals surface area contributed by atoms with E-state index in [0.717, 1.165) is 11.3 Å². The van der Waals surface area contributed by atoms with Crippen LogP contribution in [0.2, 0.25) is 0 Å². The van der Waals surface area contributed by atoms with E-state index in [2.05, 4.69) is 20.2 Å². The fourth-order valence-electron chi connectivity index (χ4n) is 1.59. The molecule has 0 saturated heterocycles. The molecule has 2 rings (SSSR count). The van der Waals surface area contributed by atoms with Crippen molar-refractivity contribution in [3.05, 3.63) is 12.4 Å². The molecule has 0 radical (unpaired) electrons. The summed E-state index contributed by atoms with van der Waals surface area (Å²) in [7, 11) is 5.49. The zero-order valence-corrected chi connectivity index (χ0v) is 14.6. The number of anilines is 2. The Kier molecular flexibility index (Phi) is 5.67. The number of carbonyl (C=O) groups is 1. The number of amides is 1. The van der Waals surface area contributed by atoms with Crippen molar-refractivity contribution >= 4 is 40.1 Å². The first kappa shape index (κ1) is 16.6. The number of rotatable bonds is 6. The molecule has 2 heterocycles. The van der Waals surface area contributed by atoms with Gasteiger partial charge in [-0.15, -0.1) is 10.2 Å². The van der Waals surface area contributed by atoms with Crippen LogP contribution in [-0.2, 0) is 4.79 Å². The molecule has 2 aromatic rings. The van der Waals surface area contributed by atoms with Gasteiger partial charge in [0.2, 0.25) is 17.0 Å². The van der Waals surface area contributed by atoms with Gasteiger partial charge in [-0.1, -0.05) is 11.3 Å². The molecule has 0 unspecified atom stereocenters. The third-order valence-corrected chi connectivity index (χ3v) is 4.54. The lowest BCUT2D eigenvalue weighted by molar-refractivity contribution is -0.117. The first-order valence-corrected chi connectivity index (χ1v) is 8.82. The fraction of sp³-hybridized carbons (Fsp3) is 0.462. The number of carbonyl (C=O) groups excluding carboxylic acids is 1. The summed E-state index contributed by atoms with van der Waals surface area (Å²) in [5, 5.41) is 9.48. The molecular formula is C13H18N6OS2. The molecule has 9 heteroatoms. The van der Waals surface area contributed by atoms with E-state index in [1.165, 1.54) is 11.3 Å². The second-order valence-corrected chi connectivity index (χ2v) is 6.69. The van der Waals surface area contributed by atoms with Crippen molar-refractivity contribution in [2.45, 2.75) is 6.42 Å². The molecule has 0 spiro atoms. The Balaban J connectivity index is 2.12. The third kappa shape index (κ3) is 3.92. The van der Waals surface area contributed by atoms with Crippen LogP contribution < -0.4 is 9.80 Å². The quantitative estimate of drug-likeness (QED) is 0.794. The number of nitrogens with zero attached hydrogens (tertiary/aromatic N) is 6. The zero-order chi connectivity index (χ0) is 16.1. The lowest BCUT2D eigenvalue weighted by Gasteiger charge is -2.12. The monoisotopic (exact) mass is 338 g/mol. The molecule has 0 N–H and O–H groups in total. The fourth-order valence-corrected chi connectivity index (χ4v) is 2.77. The molecule has 0 aliphatic heterocycles. The topological polar surface area (TPSA) is 75.1 Å². The first-order valence-electron chi connectivity index (χ1n) is 6.61. The van der Waals surface area contributed by atoms with Crippen LogP contribution in [0.4, 0.5) is 11.1 Å². The average molecular weight is 338 g/mol. The summed E-state index contributed by atoms with van der Waals surface area (Å²) in [5.41, 5.74) is 0.791. The second kappa shape index (κ2) is 7.50. The van der Waals surface area contributed by atoms with Gasteiger partial charge in [0.05, 0.1) is 0 Å². The molecular weight excluding hydrogens is 320 g/mol. The van der Waals surface area contributed by atoms with Crippen LogP contribution in [0.25, 0.3) is 10.6 Å². The van der Waals surface area contributed by atoms with Gasteiger partial charge in [0.25, 0.3) is 0 Å². The van der Waals surface area contributed by atoms with Gasteiger partial charge in [0.15, 0.2) is 5.01 Å². The van der Waals surface area contributed by atoms with Crippen LogP contribution in [0.1, 0.15) is 6.42 Å². The van der Waals surface area contributed by atoms with Gasteiger partial charge in [-0.25, -0.2) is 9.97 Å². The van der Waals surface area contributed by atoms with Crippen molar-refractivity contribution in [1.82, 2.24) is 20.2 Å². The van der Waals surface area contributed by atoms with Crippen LogP contribution in [-0.4, -0.2) is 59.2 Å². The van der Waals surface area contributed by atoms with Gasteiger partial charge in [-0.2, -0.15) is 11.8 Å². The Labute approximate surface area is 137 Å². The molecule has 0 bridgehead atoms. The first-order chi connectivity index (χ1) is 10.5. The van der Waals surface area contributed by atoms with Crippen LogP contribution in [0.3, 0.4) is 0 Å². The predicted molar refractivity (Wildman–Crippen MR) is 91.7 cm³/mol. The highest BCUT2D eigenvalue weighted by Gasteiger charge is 2.16. The van der Waals surface area contributed by atoms with Crippen LogP contribution >= 0.6 is 23.1 Å². The maximum atomic E-state index is 12.0. The Hall–Kier alpha value is -1.74. The van der Waals surface area contributed by atoms with E-state index in [4.69, 9.17) is 0 Å². The molecule has 22 heavy (non-hydrogen) atoms. The van der Waals surface area contributed by atoms with Gasteiger partial charge in [0.1, 0.15) is 0 Å². The van der Waals surface area contributed by atoms with Gasteiger partial charge >= 0.3 is 0 Å². The summed E-state index contributed by atoms with van der Waals surface area (Å²) in [5.74, 6) is 1.48. The number of aromatic nitrogens is 4. The van der Waals surface area contributed by atoms with E-state index in [-0.39, 0.29) is 5.91 Å². The van der Waals surface area contributed by atoms with Crippen molar-refractivity contribution in [3.63, 3.8) is 0 Å². The van der Waals surface area contributed by atoms with E-state index < -0.39 is 0 Å². The molecule has 0 saturated carbocycles. The highest BCUT2D eigenvalue weighted by molar-refractivity contribution is 7.98. The van der Waals surface area contributed by atoms with E-state index in [1.807, 2.05) is 25.3 Å². The maximum absolute atomic E-state index is 12.0. The summed E-state index contributed by atoms with van der Waals surface area (Å²) in [4.78, 5) is 23.9. The summed E-state index contributed by atoms with van der Waals surface area (Å²) >= 11 is 3.00. The predicted octanol–water partition coefficient (Wildman–Crippen LogP) is 1.78. The molecule has 1 amide bonds. The molecule has 0 aliphatic carbocycles. The maximum Gasteiger partial charge on any atom is 0.229 e. The summed E-state index contributed by atoms with van der Waals surface area (Å²) in [6.45, 7) is 0. The summed E-state index contributed by atoms with van der Waals surface area (Å²) in [6, 6.07) is 0. The van der Waals surface area contributed by atoms with Gasteiger partial charge < -0.3 is 4.90 Å². The molecule has 118 valence electrons. The van der Waals surface area contributed by atoms with Crippen LogP contribution in [0.15, 0.2) is 12.4 Å². The standard InChI is InChI=1S/C13H18N6OS2/c1-18(2)12-14-7-9(8-15-12)11-16-17-13(22-11)19(3)10(20)5-6-21-4/h7-8H,5-6H2,1-4H3. The molecule has 0 fully saturated rings. The van der Waals surface area contributed by atoms with E-state index in [9.17, 15) is 4.79 Å². The van der Waals surface area contributed by atoms with E-state index in [1.54, 1.807) is 36.1 Å². The van der Waals surface area contributed by atoms with Gasteiger partial charge in [0, 0.05) is 51.3 Å². The van der Waals surface area contributed by atoms with Crippen molar-refractivity contribution in [2.24, 2.45) is 0 Å². The van der Waals surface area contributed by atoms with Crippen LogP contribution in [0, 0.1) is 0 Å². The minimum atomic E-state index is 0.0382. The third-order valence-electron chi connectivity index (χ3n) is 2.88. The summed E-state index contributed by atoms with van der Waals surface area (Å²) < 4.78 is 0. The minimum absolute atomic E-state index is 0.0382. The molecule has 2 aromatic heterocycles. The minimum Gasteiger partial charge on any atom is -0.347 e. The van der Waals surface area contributed by atoms with Crippen molar-refractivity contribution < 1.29 is 4.79 Å². The number of thioether (sulfide) groups is 1. The highest BCUT2D eigenvalue weighted by atomic mass is 32.2. The highest BCUT2D eigenvalue weighted by Crippen LogP contribution is 2.28. The Morgan fingerprint density at radius 3 is 2.50 bits per heavy atom. The molecule has 0 atom stereocenters. The van der Waals surface area contributed by atoms with Crippen LogP contribution in [0.5, 0.6) is 0 Å². The Morgan fingerprint density at radius 2 is 1.91 bits per heavy atom. The van der Waals surface area contributed by atoms with E-state index in [0.29, 0.717) is 22.5 Å².